The second kappa shape index (κ2) is 10.2. The molecule has 2 saturated heterocycles. The molecule has 8 nitrogen and oxygen atoms in total. The lowest BCUT2D eigenvalue weighted by Crippen LogP contribution is -2.52. The number of fused-ring (bicyclic) bond motifs is 1. The third kappa shape index (κ3) is 4.77. The zero-order valence-electron chi connectivity index (χ0n) is 21.2. The van der Waals surface area contributed by atoms with Gasteiger partial charge in [-0.3, -0.25) is 4.79 Å². The normalized spacial score (nSPS) is 20.6. The number of pyridine rings is 1. The Balaban J connectivity index is 1.45. The Hall–Kier alpha value is -3.54. The van der Waals surface area contributed by atoms with Crippen LogP contribution in [0.5, 0.6) is 5.75 Å². The summed E-state index contributed by atoms with van der Waals surface area (Å²) < 4.78 is 11.1. The van der Waals surface area contributed by atoms with Crippen molar-refractivity contribution >= 4 is 28.1 Å². The fourth-order valence-electron chi connectivity index (χ4n) is 5.02. The number of hydrogen-bond donors (Lipinski definition) is 1. The van der Waals surface area contributed by atoms with Gasteiger partial charge in [-0.25, -0.2) is 4.98 Å². The van der Waals surface area contributed by atoms with E-state index in [1.807, 2.05) is 23.1 Å². The highest BCUT2D eigenvalue weighted by Gasteiger charge is 2.26. The van der Waals surface area contributed by atoms with Crippen molar-refractivity contribution in [2.75, 3.05) is 58.4 Å². The monoisotopic (exact) mass is 487 g/mol. The van der Waals surface area contributed by atoms with E-state index < -0.39 is 6.04 Å². The molecule has 8 heteroatoms. The van der Waals surface area contributed by atoms with Gasteiger partial charge in [-0.1, -0.05) is 5.73 Å². The van der Waals surface area contributed by atoms with Crippen molar-refractivity contribution in [1.82, 2.24) is 14.8 Å². The predicted octanol–water partition coefficient (Wildman–Crippen LogP) is 2.55. The van der Waals surface area contributed by atoms with Gasteiger partial charge in [0, 0.05) is 63.5 Å². The third-order valence-electron chi connectivity index (χ3n) is 7.14. The lowest BCUT2D eigenvalue weighted by atomic mass is 10.1. The van der Waals surface area contributed by atoms with E-state index in [1.54, 1.807) is 21.1 Å². The van der Waals surface area contributed by atoms with Crippen LogP contribution < -0.4 is 15.4 Å². The van der Waals surface area contributed by atoms with Gasteiger partial charge in [0.25, 0.3) is 0 Å². The van der Waals surface area contributed by atoms with E-state index in [0.29, 0.717) is 13.1 Å². The Morgan fingerprint density at radius 2 is 1.89 bits per heavy atom. The maximum absolute atomic E-state index is 12.2. The fourth-order valence-corrected chi connectivity index (χ4v) is 5.02. The lowest BCUT2D eigenvalue weighted by molar-refractivity contribution is -0.133. The summed E-state index contributed by atoms with van der Waals surface area (Å²) in [6, 6.07) is 7.72. The predicted molar refractivity (Wildman–Crippen MR) is 141 cm³/mol. The molecule has 1 aromatic heterocycles. The number of benzene rings is 1. The van der Waals surface area contributed by atoms with E-state index in [-0.39, 0.29) is 12.0 Å². The number of anilines is 1. The summed E-state index contributed by atoms with van der Waals surface area (Å²) >= 11 is 0. The van der Waals surface area contributed by atoms with Crippen LogP contribution in [0.2, 0.25) is 0 Å². The molecule has 188 valence electrons. The van der Waals surface area contributed by atoms with Crippen LogP contribution >= 0.6 is 0 Å². The maximum atomic E-state index is 12.2. The van der Waals surface area contributed by atoms with Crippen LogP contribution in [0.1, 0.15) is 19.0 Å². The van der Waals surface area contributed by atoms with Gasteiger partial charge in [-0.05, 0) is 49.4 Å². The third-order valence-corrected chi connectivity index (χ3v) is 7.14. The summed E-state index contributed by atoms with van der Waals surface area (Å²) in [5, 5.41) is 1.09. The first-order valence-corrected chi connectivity index (χ1v) is 12.5. The Morgan fingerprint density at radius 1 is 1.08 bits per heavy atom. The number of piperazine rings is 1. The number of ether oxygens (including phenoxy) is 2. The molecule has 1 aliphatic carbocycles. The summed E-state index contributed by atoms with van der Waals surface area (Å²) in [6.45, 7) is 6.34. The van der Waals surface area contributed by atoms with Gasteiger partial charge in [-0.2, -0.15) is 0 Å². The molecule has 3 aliphatic rings. The molecule has 36 heavy (non-hydrogen) atoms. The van der Waals surface area contributed by atoms with E-state index >= 15 is 0 Å². The maximum Gasteiger partial charge on any atom is 0.239 e. The average Bonchev–Trinajstić information content (AvgIpc) is 3.41. The van der Waals surface area contributed by atoms with Gasteiger partial charge < -0.3 is 29.9 Å². The van der Waals surface area contributed by atoms with Crippen molar-refractivity contribution in [3.05, 3.63) is 59.3 Å². The first-order chi connectivity index (χ1) is 17.5. The van der Waals surface area contributed by atoms with Crippen LogP contribution in [0.15, 0.2) is 53.6 Å². The molecule has 2 atom stereocenters. The summed E-state index contributed by atoms with van der Waals surface area (Å²) in [5.74, 6) is 0.784. The van der Waals surface area contributed by atoms with E-state index in [9.17, 15) is 4.79 Å². The summed E-state index contributed by atoms with van der Waals surface area (Å²) in [5.41, 5.74) is 17.1. The number of allylic oxidation sites excluding steroid dienone is 3. The van der Waals surface area contributed by atoms with Crippen LogP contribution in [-0.2, 0) is 9.53 Å². The van der Waals surface area contributed by atoms with Crippen LogP contribution in [0.4, 0.5) is 5.69 Å². The van der Waals surface area contributed by atoms with Crippen molar-refractivity contribution in [3.8, 4) is 5.75 Å². The number of hydrogen-bond acceptors (Lipinski definition) is 7. The Kier molecular flexibility index (Phi) is 6.86. The molecule has 0 saturated carbocycles. The van der Waals surface area contributed by atoms with Crippen molar-refractivity contribution in [2.45, 2.75) is 25.5 Å². The van der Waals surface area contributed by atoms with Crippen LogP contribution in [-0.4, -0.2) is 86.3 Å². The summed E-state index contributed by atoms with van der Waals surface area (Å²) in [4.78, 5) is 23.6. The van der Waals surface area contributed by atoms with Crippen LogP contribution in [0.3, 0.4) is 0 Å². The Morgan fingerprint density at radius 3 is 2.53 bits per heavy atom. The second-order valence-corrected chi connectivity index (χ2v) is 9.49. The van der Waals surface area contributed by atoms with E-state index in [1.165, 1.54) is 0 Å². The minimum Gasteiger partial charge on any atom is -0.497 e. The quantitative estimate of drug-likeness (QED) is 0.627. The molecule has 1 amide bonds. The number of nitrogens with zero attached hydrogens (tertiary/aromatic N) is 4. The Bertz CT molecular complexity index is 1300. The largest absolute Gasteiger partial charge is 0.497 e. The first-order valence-electron chi connectivity index (χ1n) is 12.5. The minimum atomic E-state index is -0.462. The van der Waals surface area contributed by atoms with Gasteiger partial charge >= 0.3 is 0 Å². The van der Waals surface area contributed by atoms with Crippen LogP contribution in [0.25, 0.3) is 16.5 Å². The Labute approximate surface area is 211 Å². The fraction of sp³-hybridized carbons (Fsp3) is 0.429. The number of carbonyl (C=O) groups is 1. The highest BCUT2D eigenvalue weighted by Crippen LogP contribution is 2.34. The minimum absolute atomic E-state index is 0.00479. The number of carbonyl (C=O) groups excluding carboxylic acids is 1. The van der Waals surface area contributed by atoms with Gasteiger partial charge in [0.1, 0.15) is 5.75 Å². The molecule has 0 spiro atoms. The lowest BCUT2D eigenvalue weighted by Gasteiger charge is -2.36. The number of nitrogens with two attached hydrogens (primary N) is 1. The first kappa shape index (κ1) is 24.2. The molecule has 5 rings (SSSR count). The smallest absolute Gasteiger partial charge is 0.239 e. The van der Waals surface area contributed by atoms with Gasteiger partial charge in [0.05, 0.1) is 41.7 Å². The van der Waals surface area contributed by atoms with Crippen molar-refractivity contribution in [1.29, 1.82) is 0 Å². The second-order valence-electron chi connectivity index (χ2n) is 9.49. The van der Waals surface area contributed by atoms with Crippen molar-refractivity contribution in [3.63, 3.8) is 0 Å². The highest BCUT2D eigenvalue weighted by atomic mass is 16.5. The van der Waals surface area contributed by atoms with E-state index in [2.05, 4.69) is 39.5 Å². The molecule has 2 aromatic rings. The van der Waals surface area contributed by atoms with E-state index in [0.717, 1.165) is 71.9 Å². The molecule has 3 heterocycles. The average molecular weight is 488 g/mol. The zero-order valence-corrected chi connectivity index (χ0v) is 21.2. The molecule has 2 fully saturated rings. The van der Waals surface area contributed by atoms with Gasteiger partial charge in [-0.15, -0.1) is 0 Å². The van der Waals surface area contributed by atoms with Crippen LogP contribution in [0, 0.1) is 0 Å². The van der Waals surface area contributed by atoms with E-state index in [4.69, 9.17) is 20.2 Å². The topological polar surface area (TPSA) is 84.2 Å². The zero-order chi connectivity index (χ0) is 25.2. The standard InChI is InChI=1S/C28H33N5O3/c1-19(29)28(34)32-14-12-31(13-15-32)21-6-4-20(5-7-21)25-17-27(33-11-10-23(18-33)36-3)24-9-8-22(35-2)16-26(24)30-25/h4,6,8-9,16-17,19,23H,10-15,18,29H2,1-3H3. The molecule has 2 N–H and O–H groups in total. The molecule has 2 aliphatic heterocycles. The number of rotatable bonds is 6. The molecule has 2 unspecified atom stereocenters. The number of methoxy groups -OCH3 is 2. The molecule has 0 radical (unpaired) electrons. The molecule has 0 bridgehead atoms. The molecule has 1 aromatic carbocycles. The van der Waals surface area contributed by atoms with Crippen molar-refractivity contribution in [2.24, 2.45) is 5.73 Å². The van der Waals surface area contributed by atoms with Crippen molar-refractivity contribution < 1.29 is 14.3 Å². The SMILES string of the molecule is COc1ccc2c(N3CCC(OC)C3)cc(C3=C=C=C(N4CCN(C(=O)C(C)N)CC4)C=C3)nc2c1. The number of amides is 1. The summed E-state index contributed by atoms with van der Waals surface area (Å²) in [6.07, 6.45) is 5.34. The number of aromatic nitrogens is 1. The molecular formula is C28H33N5O3. The van der Waals surface area contributed by atoms with Gasteiger partial charge in [0.15, 0.2) is 0 Å². The van der Waals surface area contributed by atoms with Gasteiger partial charge in [0.2, 0.25) is 5.91 Å². The highest BCUT2D eigenvalue weighted by molar-refractivity contribution is 5.95. The molecular weight excluding hydrogens is 454 g/mol. The summed E-state index contributed by atoms with van der Waals surface area (Å²) in [7, 11) is 3.45.